The fourth-order valence-corrected chi connectivity index (χ4v) is 12.5. The molecule has 0 saturated carbocycles. The van der Waals surface area contributed by atoms with Crippen LogP contribution in [0, 0.1) is 11.8 Å². The Kier molecular flexibility index (Phi) is 62.7. The zero-order valence-electron chi connectivity index (χ0n) is 59.1. The number of esters is 4. The molecule has 17 nitrogen and oxygen atoms in total. The van der Waals surface area contributed by atoms with Crippen molar-refractivity contribution in [3.8, 4) is 0 Å². The molecule has 91 heavy (non-hydrogen) atoms. The minimum Gasteiger partial charge on any atom is -0.462 e. The number of hydrogen-bond acceptors (Lipinski definition) is 15. The van der Waals surface area contributed by atoms with Gasteiger partial charge in [0.15, 0.2) is 12.2 Å². The van der Waals surface area contributed by atoms with Crippen molar-refractivity contribution in [1.29, 1.82) is 0 Å². The van der Waals surface area contributed by atoms with Crippen molar-refractivity contribution in [3.63, 3.8) is 0 Å². The van der Waals surface area contributed by atoms with Crippen molar-refractivity contribution >= 4 is 39.5 Å². The first-order valence-corrected chi connectivity index (χ1v) is 40.5. The first-order valence-electron chi connectivity index (χ1n) is 37.5. The molecule has 0 rings (SSSR count). The third-order valence-corrected chi connectivity index (χ3v) is 18.6. The van der Waals surface area contributed by atoms with Crippen molar-refractivity contribution < 1.29 is 80.2 Å². The number of aliphatic hydroxyl groups is 1. The summed E-state index contributed by atoms with van der Waals surface area (Å²) in [6, 6.07) is 0. The Balaban J connectivity index is 5.14. The molecule has 5 atom stereocenters. The Morgan fingerprint density at radius 2 is 0.505 bits per heavy atom. The summed E-state index contributed by atoms with van der Waals surface area (Å²) in [7, 11) is -9.89. The highest BCUT2D eigenvalue weighted by molar-refractivity contribution is 7.47. The minimum atomic E-state index is -4.95. The highest BCUT2D eigenvalue weighted by atomic mass is 31.2. The summed E-state index contributed by atoms with van der Waals surface area (Å²) in [6.07, 6.45) is 50.5. The molecule has 0 aliphatic rings. The number of hydrogen-bond donors (Lipinski definition) is 3. The van der Waals surface area contributed by atoms with Gasteiger partial charge < -0.3 is 33.8 Å². The van der Waals surface area contributed by atoms with Gasteiger partial charge >= 0.3 is 39.5 Å². The summed E-state index contributed by atoms with van der Waals surface area (Å²) in [5.41, 5.74) is 0. The van der Waals surface area contributed by atoms with Gasteiger partial charge in [-0.1, -0.05) is 318 Å². The SMILES string of the molecule is CCCCCCCCCCCCCCCCCCC(=O)OC[C@H](COP(=O)(O)OC[C@@H](O)COP(=O)(O)OC[C@@H](COC(=O)CCCCCCC)OC(=O)CCCCCCCCCCC(C)C)OC(=O)CCCCCCCCCCCCCCCCCCC(C)C. The second-order valence-corrected chi connectivity index (χ2v) is 29.8. The molecule has 0 aromatic rings. The van der Waals surface area contributed by atoms with Gasteiger partial charge in [-0.3, -0.25) is 37.3 Å². The Labute approximate surface area is 556 Å². The van der Waals surface area contributed by atoms with E-state index in [0.29, 0.717) is 25.7 Å². The van der Waals surface area contributed by atoms with Gasteiger partial charge in [0.2, 0.25) is 0 Å². The van der Waals surface area contributed by atoms with E-state index < -0.39 is 97.5 Å². The van der Waals surface area contributed by atoms with E-state index in [9.17, 15) is 43.2 Å². The van der Waals surface area contributed by atoms with Gasteiger partial charge in [0.25, 0.3) is 0 Å². The maximum Gasteiger partial charge on any atom is 0.472 e. The Morgan fingerprint density at radius 1 is 0.297 bits per heavy atom. The standard InChI is InChI=1S/C72H140O17P2/c1-7-9-11-13-14-15-16-17-18-22-25-28-31-37-43-49-55-70(75)83-61-68(89-71(76)56-50-44-38-32-29-26-23-20-19-21-24-27-30-35-41-46-52-64(3)4)63-87-91(80,81)85-59-66(73)58-84-90(78,79)86-62-67(60-82-69(74)54-48-40-12-10-8-2)88-72(77)57-51-45-39-34-33-36-42-47-53-65(5)6/h64-68,73H,7-63H2,1-6H3,(H,78,79)(H,80,81)/t66-,67+,68+/m0/s1. The molecule has 0 aromatic heterocycles. The lowest BCUT2D eigenvalue weighted by Gasteiger charge is -2.21. The van der Waals surface area contributed by atoms with Gasteiger partial charge in [0.1, 0.15) is 19.3 Å². The van der Waals surface area contributed by atoms with Crippen LogP contribution in [0.5, 0.6) is 0 Å². The fourth-order valence-electron chi connectivity index (χ4n) is 10.9. The first-order chi connectivity index (χ1) is 43.9. The molecular formula is C72H140O17P2. The van der Waals surface area contributed by atoms with Gasteiger partial charge in [-0.05, 0) is 37.5 Å². The Bertz CT molecular complexity index is 1770. The molecule has 3 N–H and O–H groups in total. The quantitative estimate of drug-likeness (QED) is 0.0222. The largest absolute Gasteiger partial charge is 0.472 e. The van der Waals surface area contributed by atoms with Crippen LogP contribution in [-0.4, -0.2) is 96.7 Å². The van der Waals surface area contributed by atoms with E-state index in [4.69, 9.17) is 37.0 Å². The second kappa shape index (κ2) is 64.1. The lowest BCUT2D eigenvalue weighted by Crippen LogP contribution is -2.30. The van der Waals surface area contributed by atoms with Gasteiger partial charge in [0.05, 0.1) is 26.4 Å². The van der Waals surface area contributed by atoms with Crippen LogP contribution in [0.15, 0.2) is 0 Å². The summed E-state index contributed by atoms with van der Waals surface area (Å²) in [6.45, 7) is 9.46. The van der Waals surface area contributed by atoms with E-state index in [0.717, 1.165) is 108 Å². The fraction of sp³-hybridized carbons (Fsp3) is 0.944. The molecule has 19 heteroatoms. The van der Waals surface area contributed by atoms with Gasteiger partial charge in [-0.25, -0.2) is 9.13 Å². The molecule has 0 amide bonds. The van der Waals surface area contributed by atoms with Crippen molar-refractivity contribution in [2.75, 3.05) is 39.6 Å². The molecule has 0 heterocycles. The average Bonchev–Trinajstić information content (AvgIpc) is 3.62. The van der Waals surface area contributed by atoms with Crippen molar-refractivity contribution in [1.82, 2.24) is 0 Å². The number of unbranched alkanes of at least 4 members (excludes halogenated alkanes) is 41. The van der Waals surface area contributed by atoms with Gasteiger partial charge in [0, 0.05) is 25.7 Å². The second-order valence-electron chi connectivity index (χ2n) is 26.9. The summed E-state index contributed by atoms with van der Waals surface area (Å²) in [5, 5.41) is 10.6. The minimum absolute atomic E-state index is 0.104. The third-order valence-electron chi connectivity index (χ3n) is 16.7. The van der Waals surface area contributed by atoms with Crippen LogP contribution in [0.25, 0.3) is 0 Å². The lowest BCUT2D eigenvalue weighted by atomic mass is 10.0. The van der Waals surface area contributed by atoms with Crippen LogP contribution in [-0.2, 0) is 65.4 Å². The molecule has 0 aliphatic carbocycles. The summed E-state index contributed by atoms with van der Waals surface area (Å²) < 4.78 is 68.1. The Morgan fingerprint density at radius 3 is 0.747 bits per heavy atom. The normalized spacial score (nSPS) is 14.1. The van der Waals surface area contributed by atoms with Gasteiger partial charge in [-0.15, -0.1) is 0 Å². The highest BCUT2D eigenvalue weighted by Gasteiger charge is 2.30. The molecule has 2 unspecified atom stereocenters. The number of phosphoric ester groups is 2. The van der Waals surface area contributed by atoms with Crippen molar-refractivity contribution in [2.45, 2.75) is 387 Å². The number of rotatable bonds is 71. The maximum absolute atomic E-state index is 13.0. The molecule has 0 aliphatic heterocycles. The van der Waals surface area contributed by atoms with Crippen LogP contribution >= 0.6 is 15.6 Å². The molecule has 0 radical (unpaired) electrons. The van der Waals surface area contributed by atoms with Crippen LogP contribution in [0.4, 0.5) is 0 Å². The van der Waals surface area contributed by atoms with E-state index in [1.807, 2.05) is 0 Å². The number of aliphatic hydroxyl groups excluding tert-OH is 1. The maximum atomic E-state index is 13.0. The van der Waals surface area contributed by atoms with E-state index in [1.165, 1.54) is 180 Å². The topological polar surface area (TPSA) is 237 Å². The summed E-state index contributed by atoms with van der Waals surface area (Å²) in [4.78, 5) is 72.3. The van der Waals surface area contributed by atoms with Crippen molar-refractivity contribution in [2.24, 2.45) is 11.8 Å². The van der Waals surface area contributed by atoms with Crippen LogP contribution in [0.2, 0.25) is 0 Å². The molecule has 0 spiro atoms. The smallest absolute Gasteiger partial charge is 0.462 e. The highest BCUT2D eigenvalue weighted by Crippen LogP contribution is 2.45. The first kappa shape index (κ1) is 89.1. The van der Waals surface area contributed by atoms with Crippen LogP contribution in [0.3, 0.4) is 0 Å². The third kappa shape index (κ3) is 66.5. The number of ether oxygens (including phenoxy) is 4. The van der Waals surface area contributed by atoms with Gasteiger partial charge in [-0.2, -0.15) is 0 Å². The van der Waals surface area contributed by atoms with E-state index in [2.05, 4.69) is 41.5 Å². The summed E-state index contributed by atoms with van der Waals surface area (Å²) >= 11 is 0. The van der Waals surface area contributed by atoms with E-state index >= 15 is 0 Å². The number of phosphoric acid groups is 2. The predicted octanol–water partition coefficient (Wildman–Crippen LogP) is 20.8. The molecule has 0 aromatic carbocycles. The zero-order chi connectivity index (χ0) is 67.2. The van der Waals surface area contributed by atoms with E-state index in [1.54, 1.807) is 0 Å². The Hall–Kier alpha value is -1.94. The van der Waals surface area contributed by atoms with Crippen molar-refractivity contribution in [3.05, 3.63) is 0 Å². The predicted molar refractivity (Wildman–Crippen MR) is 368 cm³/mol. The number of carbonyl (C=O) groups is 4. The molecule has 0 bridgehead atoms. The van der Waals surface area contributed by atoms with Crippen LogP contribution in [0.1, 0.15) is 369 Å². The summed E-state index contributed by atoms with van der Waals surface area (Å²) in [5.74, 6) is -0.606. The van der Waals surface area contributed by atoms with E-state index in [-0.39, 0.29) is 25.7 Å². The molecule has 540 valence electrons. The molecule has 0 saturated heterocycles. The zero-order valence-corrected chi connectivity index (χ0v) is 60.9. The monoisotopic (exact) mass is 1340 g/mol. The lowest BCUT2D eigenvalue weighted by molar-refractivity contribution is -0.161. The molecule has 0 fully saturated rings. The number of carbonyl (C=O) groups excluding carboxylic acids is 4. The molecular weight excluding hydrogens is 1200 g/mol. The van der Waals surface area contributed by atoms with Crippen LogP contribution < -0.4 is 0 Å². The average molecular weight is 1340 g/mol.